The molecule has 0 aromatic heterocycles. The van der Waals surface area contributed by atoms with E-state index in [0.29, 0.717) is 47.7 Å². The first-order valence-corrected chi connectivity index (χ1v) is 11.0. The van der Waals surface area contributed by atoms with Crippen molar-refractivity contribution in [2.45, 2.75) is 12.8 Å². The molecule has 6 nitrogen and oxygen atoms in total. The van der Waals surface area contributed by atoms with Gasteiger partial charge in [-0.1, -0.05) is 23.2 Å². The Balaban J connectivity index is 1.24. The van der Waals surface area contributed by atoms with Crippen LogP contribution in [0.5, 0.6) is 11.5 Å². The number of amides is 2. The maximum atomic E-state index is 12.6. The molecule has 164 valence electrons. The predicted octanol–water partition coefficient (Wildman–Crippen LogP) is 3.90. The third-order valence-corrected chi connectivity index (χ3v) is 6.44. The summed E-state index contributed by atoms with van der Waals surface area (Å²) in [5, 5.41) is 1.25. The molecule has 0 saturated carbocycles. The van der Waals surface area contributed by atoms with Crippen LogP contribution < -0.4 is 9.47 Å². The van der Waals surface area contributed by atoms with Gasteiger partial charge in [-0.05, 0) is 61.4 Å². The van der Waals surface area contributed by atoms with Gasteiger partial charge >= 0.3 is 0 Å². The fraction of sp³-hybridized carbons (Fsp3) is 0.391. The molecule has 2 saturated heterocycles. The van der Waals surface area contributed by atoms with Gasteiger partial charge in [-0.2, -0.15) is 0 Å². The lowest BCUT2D eigenvalue weighted by atomic mass is 9.86. The molecule has 0 N–H and O–H groups in total. The average Bonchev–Trinajstić information content (AvgIpc) is 3.39. The van der Waals surface area contributed by atoms with E-state index in [-0.39, 0.29) is 30.4 Å². The van der Waals surface area contributed by atoms with Crippen molar-refractivity contribution in [1.29, 1.82) is 0 Å². The zero-order valence-electron chi connectivity index (χ0n) is 17.1. The van der Waals surface area contributed by atoms with Gasteiger partial charge in [0, 0.05) is 41.6 Å². The van der Waals surface area contributed by atoms with E-state index >= 15 is 0 Å². The highest BCUT2D eigenvalue weighted by Gasteiger charge is 2.45. The summed E-state index contributed by atoms with van der Waals surface area (Å²) in [4.78, 5) is 28.9. The maximum absolute atomic E-state index is 12.6. The Kier molecular flexibility index (Phi) is 6.58. The minimum atomic E-state index is -0.0392. The molecule has 31 heavy (non-hydrogen) atoms. The van der Waals surface area contributed by atoms with Gasteiger partial charge in [-0.15, -0.1) is 0 Å². The van der Waals surface area contributed by atoms with Crippen molar-refractivity contribution < 1.29 is 19.1 Å². The SMILES string of the molecule is O=C(COc1ccc(Cl)cc1)N1CCC2(CCN(C(=O)COc3ccc(Cl)cc3)C2)C1. The van der Waals surface area contributed by atoms with Crippen LogP contribution >= 0.6 is 23.2 Å². The second-order valence-electron chi connectivity index (χ2n) is 8.12. The van der Waals surface area contributed by atoms with Crippen molar-refractivity contribution in [3.63, 3.8) is 0 Å². The first-order chi connectivity index (χ1) is 14.9. The molecule has 2 aromatic rings. The molecule has 1 spiro atoms. The molecular formula is C23H24Cl2N2O4. The van der Waals surface area contributed by atoms with Crippen molar-refractivity contribution in [2.75, 3.05) is 39.4 Å². The van der Waals surface area contributed by atoms with E-state index in [1.807, 2.05) is 9.80 Å². The first kappa shape index (κ1) is 21.8. The number of hydrogen-bond donors (Lipinski definition) is 0. The third kappa shape index (κ3) is 5.43. The van der Waals surface area contributed by atoms with Crippen molar-refractivity contribution in [1.82, 2.24) is 9.80 Å². The topological polar surface area (TPSA) is 59.1 Å². The van der Waals surface area contributed by atoms with Gasteiger partial charge in [0.1, 0.15) is 11.5 Å². The minimum absolute atomic E-state index is 0.00467. The summed E-state index contributed by atoms with van der Waals surface area (Å²) in [6, 6.07) is 13.9. The monoisotopic (exact) mass is 462 g/mol. The minimum Gasteiger partial charge on any atom is -0.484 e. The molecule has 2 aliphatic heterocycles. The van der Waals surface area contributed by atoms with E-state index in [1.54, 1.807) is 48.5 Å². The lowest BCUT2D eigenvalue weighted by molar-refractivity contribution is -0.132. The summed E-state index contributed by atoms with van der Waals surface area (Å²) in [6.07, 6.45) is 1.78. The van der Waals surface area contributed by atoms with Crippen molar-refractivity contribution >= 4 is 35.0 Å². The van der Waals surface area contributed by atoms with Crippen LogP contribution in [0.4, 0.5) is 0 Å². The molecule has 8 heteroatoms. The van der Waals surface area contributed by atoms with E-state index < -0.39 is 0 Å². The molecule has 0 unspecified atom stereocenters. The fourth-order valence-electron chi connectivity index (χ4n) is 4.16. The van der Waals surface area contributed by atoms with Crippen LogP contribution in [-0.2, 0) is 9.59 Å². The van der Waals surface area contributed by atoms with Gasteiger partial charge in [0.15, 0.2) is 13.2 Å². The fourth-order valence-corrected chi connectivity index (χ4v) is 4.42. The number of rotatable bonds is 6. The third-order valence-electron chi connectivity index (χ3n) is 5.93. The van der Waals surface area contributed by atoms with Crippen LogP contribution in [0.25, 0.3) is 0 Å². The number of ether oxygens (including phenoxy) is 2. The second-order valence-corrected chi connectivity index (χ2v) is 8.99. The molecule has 0 aliphatic carbocycles. The normalized spacial score (nSPS) is 17.2. The number of carbonyl (C=O) groups is 2. The summed E-state index contributed by atoms with van der Waals surface area (Å²) < 4.78 is 11.2. The molecule has 2 fully saturated rings. The van der Waals surface area contributed by atoms with E-state index in [9.17, 15) is 9.59 Å². The Labute approximate surface area is 191 Å². The Morgan fingerprint density at radius 1 is 0.742 bits per heavy atom. The number of benzene rings is 2. The molecule has 0 bridgehead atoms. The summed E-state index contributed by atoms with van der Waals surface area (Å²) >= 11 is 11.7. The lowest BCUT2D eigenvalue weighted by Crippen LogP contribution is -2.38. The summed E-state index contributed by atoms with van der Waals surface area (Å²) in [5.41, 5.74) is -0.0358. The number of hydrogen-bond acceptors (Lipinski definition) is 4. The van der Waals surface area contributed by atoms with Crippen molar-refractivity contribution in [3.05, 3.63) is 58.6 Å². The lowest BCUT2D eigenvalue weighted by Gasteiger charge is -2.24. The van der Waals surface area contributed by atoms with Gasteiger partial charge in [-0.25, -0.2) is 0 Å². The van der Waals surface area contributed by atoms with Crippen LogP contribution in [0.15, 0.2) is 48.5 Å². The quantitative estimate of drug-likeness (QED) is 0.652. The molecule has 4 rings (SSSR count). The zero-order valence-corrected chi connectivity index (χ0v) is 18.6. The smallest absolute Gasteiger partial charge is 0.260 e. The number of nitrogens with zero attached hydrogens (tertiary/aromatic N) is 2. The molecular weight excluding hydrogens is 439 g/mol. The highest BCUT2D eigenvalue weighted by Crippen LogP contribution is 2.39. The van der Waals surface area contributed by atoms with Gasteiger partial charge in [0.25, 0.3) is 11.8 Å². The molecule has 2 heterocycles. The number of halogens is 2. The summed E-state index contributed by atoms with van der Waals surface area (Å²) in [6.45, 7) is 2.66. The molecule has 2 amide bonds. The van der Waals surface area contributed by atoms with Crippen LogP contribution in [0, 0.1) is 5.41 Å². The van der Waals surface area contributed by atoms with Crippen molar-refractivity contribution in [3.8, 4) is 11.5 Å². The van der Waals surface area contributed by atoms with Gasteiger partial charge in [0.05, 0.1) is 0 Å². The summed E-state index contributed by atoms with van der Waals surface area (Å²) in [5.74, 6) is 1.15. The maximum Gasteiger partial charge on any atom is 0.260 e. The average molecular weight is 463 g/mol. The molecule has 0 atom stereocenters. The van der Waals surface area contributed by atoms with Gasteiger partial charge in [-0.3, -0.25) is 9.59 Å². The highest BCUT2D eigenvalue weighted by molar-refractivity contribution is 6.30. The van der Waals surface area contributed by atoms with Crippen LogP contribution in [0.3, 0.4) is 0 Å². The van der Waals surface area contributed by atoms with Crippen molar-refractivity contribution in [2.24, 2.45) is 5.41 Å². The molecule has 2 aliphatic rings. The second kappa shape index (κ2) is 9.37. The standard InChI is InChI=1S/C23H24Cl2N2O4/c24-17-1-5-19(6-2-17)30-13-21(28)26-11-9-23(15-26)10-12-27(16-23)22(29)14-31-20-7-3-18(25)4-8-20/h1-8H,9-16H2. The Morgan fingerprint density at radius 2 is 1.13 bits per heavy atom. The van der Waals surface area contributed by atoms with Crippen LogP contribution in [0.2, 0.25) is 10.0 Å². The number of carbonyl (C=O) groups excluding carboxylic acids is 2. The van der Waals surface area contributed by atoms with E-state index in [2.05, 4.69) is 0 Å². The predicted molar refractivity (Wildman–Crippen MR) is 119 cm³/mol. The Morgan fingerprint density at radius 3 is 1.52 bits per heavy atom. The van der Waals surface area contributed by atoms with E-state index in [0.717, 1.165) is 12.8 Å². The van der Waals surface area contributed by atoms with E-state index in [4.69, 9.17) is 32.7 Å². The van der Waals surface area contributed by atoms with Crippen LogP contribution in [-0.4, -0.2) is 61.0 Å². The zero-order chi connectivity index (χ0) is 21.8. The van der Waals surface area contributed by atoms with Crippen LogP contribution in [0.1, 0.15) is 12.8 Å². The first-order valence-electron chi connectivity index (χ1n) is 10.2. The molecule has 0 radical (unpaired) electrons. The largest absolute Gasteiger partial charge is 0.484 e. The van der Waals surface area contributed by atoms with E-state index in [1.165, 1.54) is 0 Å². The summed E-state index contributed by atoms with van der Waals surface area (Å²) in [7, 11) is 0. The Hall–Kier alpha value is -2.44. The van der Waals surface area contributed by atoms with Gasteiger partial charge in [0.2, 0.25) is 0 Å². The highest BCUT2D eigenvalue weighted by atomic mass is 35.5. The molecule has 2 aromatic carbocycles. The number of likely N-dealkylation sites (tertiary alicyclic amines) is 2. The Bertz CT molecular complexity index is 856. The van der Waals surface area contributed by atoms with Gasteiger partial charge < -0.3 is 19.3 Å².